The van der Waals surface area contributed by atoms with Crippen LogP contribution in [0.4, 0.5) is 0 Å². The van der Waals surface area contributed by atoms with Gasteiger partial charge in [-0.15, -0.1) is 0 Å². The highest BCUT2D eigenvalue weighted by Gasteiger charge is 2.28. The van der Waals surface area contributed by atoms with Gasteiger partial charge < -0.3 is 14.7 Å². The lowest BCUT2D eigenvalue weighted by Gasteiger charge is -2.31. The van der Waals surface area contributed by atoms with Crippen molar-refractivity contribution in [2.45, 2.75) is 26.2 Å². The minimum Gasteiger partial charge on any atom is -0.507 e. The van der Waals surface area contributed by atoms with E-state index in [4.69, 9.17) is 4.74 Å². The Hall–Kier alpha value is -2.33. The van der Waals surface area contributed by atoms with Crippen LogP contribution in [-0.2, 0) is 16.0 Å². The monoisotopic (exact) mass is 339 g/mol. The first-order valence-electron chi connectivity index (χ1n) is 8.77. The molecule has 2 aromatic rings. The summed E-state index contributed by atoms with van der Waals surface area (Å²) in [6.07, 6.45) is 0.493. The van der Waals surface area contributed by atoms with Gasteiger partial charge in [-0.1, -0.05) is 42.5 Å². The zero-order valence-electron chi connectivity index (χ0n) is 14.9. The van der Waals surface area contributed by atoms with Gasteiger partial charge in [0.2, 0.25) is 5.91 Å². The average molecular weight is 339 g/mol. The maximum absolute atomic E-state index is 13.2. The molecule has 1 saturated heterocycles. The molecule has 0 aromatic heterocycles. The number of benzene rings is 2. The maximum Gasteiger partial charge on any atom is 0.230 e. The lowest BCUT2D eigenvalue weighted by molar-refractivity contribution is -0.136. The van der Waals surface area contributed by atoms with Gasteiger partial charge in [0.1, 0.15) is 5.75 Å². The standard InChI is InChI=1S/C21H25NO3/c1-15-8-9-18(20(23)16(15)2)14-19(17-6-4-3-5-7-17)21(24)22-10-12-25-13-11-22/h3-9,19,23H,10-14H2,1-2H3. The summed E-state index contributed by atoms with van der Waals surface area (Å²) < 4.78 is 5.37. The fourth-order valence-electron chi connectivity index (χ4n) is 3.28. The van der Waals surface area contributed by atoms with E-state index >= 15 is 0 Å². The Balaban J connectivity index is 1.92. The second-order valence-electron chi connectivity index (χ2n) is 6.62. The average Bonchev–Trinajstić information content (AvgIpc) is 2.66. The number of morpholine rings is 1. The molecule has 1 heterocycles. The predicted molar refractivity (Wildman–Crippen MR) is 97.9 cm³/mol. The Morgan fingerprint density at radius 3 is 2.48 bits per heavy atom. The van der Waals surface area contributed by atoms with Crippen LogP contribution in [0.1, 0.15) is 28.2 Å². The van der Waals surface area contributed by atoms with Crippen molar-refractivity contribution in [3.63, 3.8) is 0 Å². The third-order valence-electron chi connectivity index (χ3n) is 5.03. The number of hydrogen-bond donors (Lipinski definition) is 1. The number of carbonyl (C=O) groups is 1. The van der Waals surface area contributed by atoms with Crippen molar-refractivity contribution in [2.24, 2.45) is 0 Å². The van der Waals surface area contributed by atoms with E-state index < -0.39 is 0 Å². The van der Waals surface area contributed by atoms with E-state index in [2.05, 4.69) is 0 Å². The van der Waals surface area contributed by atoms with E-state index in [1.54, 1.807) is 0 Å². The molecule has 1 amide bonds. The molecule has 0 bridgehead atoms. The molecule has 1 aliphatic heterocycles. The number of ether oxygens (including phenoxy) is 1. The van der Waals surface area contributed by atoms with Gasteiger partial charge in [0.25, 0.3) is 0 Å². The molecule has 132 valence electrons. The topological polar surface area (TPSA) is 49.8 Å². The van der Waals surface area contributed by atoms with Crippen LogP contribution in [0.5, 0.6) is 5.75 Å². The van der Waals surface area contributed by atoms with Crippen LogP contribution in [0.2, 0.25) is 0 Å². The van der Waals surface area contributed by atoms with Gasteiger partial charge in [0.15, 0.2) is 0 Å². The van der Waals surface area contributed by atoms with Crippen LogP contribution in [0.25, 0.3) is 0 Å². The fourth-order valence-corrected chi connectivity index (χ4v) is 3.28. The summed E-state index contributed by atoms with van der Waals surface area (Å²) >= 11 is 0. The first kappa shape index (κ1) is 17.5. The molecule has 0 saturated carbocycles. The summed E-state index contributed by atoms with van der Waals surface area (Å²) in [5, 5.41) is 10.5. The van der Waals surface area contributed by atoms with Crippen LogP contribution in [0.15, 0.2) is 42.5 Å². The second-order valence-corrected chi connectivity index (χ2v) is 6.62. The van der Waals surface area contributed by atoms with Gasteiger partial charge in [0.05, 0.1) is 19.1 Å². The summed E-state index contributed by atoms with van der Waals surface area (Å²) in [6.45, 7) is 6.31. The number of carbonyl (C=O) groups excluding carboxylic acids is 1. The van der Waals surface area contributed by atoms with Gasteiger partial charge >= 0.3 is 0 Å². The van der Waals surface area contributed by atoms with Crippen molar-refractivity contribution in [1.29, 1.82) is 0 Å². The lowest BCUT2D eigenvalue weighted by Crippen LogP contribution is -2.43. The molecule has 0 spiro atoms. The molecule has 0 radical (unpaired) electrons. The Bertz CT molecular complexity index is 736. The fraction of sp³-hybridized carbons (Fsp3) is 0.381. The molecule has 4 heteroatoms. The predicted octanol–water partition coefficient (Wildman–Crippen LogP) is 3.19. The van der Waals surface area contributed by atoms with Gasteiger partial charge in [-0.25, -0.2) is 0 Å². The van der Waals surface area contributed by atoms with Gasteiger partial charge in [-0.3, -0.25) is 4.79 Å². The van der Waals surface area contributed by atoms with Crippen molar-refractivity contribution in [2.75, 3.05) is 26.3 Å². The molecule has 2 aromatic carbocycles. The minimum atomic E-state index is -0.299. The summed E-state index contributed by atoms with van der Waals surface area (Å²) in [5.74, 6) is 0.107. The van der Waals surface area contributed by atoms with Gasteiger partial charge in [-0.2, -0.15) is 0 Å². The van der Waals surface area contributed by atoms with Gasteiger partial charge in [-0.05, 0) is 42.5 Å². The number of phenolic OH excluding ortho intramolecular Hbond substituents is 1. The molecule has 4 nitrogen and oxygen atoms in total. The van der Waals surface area contributed by atoms with E-state index in [0.29, 0.717) is 38.5 Å². The number of amides is 1. The zero-order valence-corrected chi connectivity index (χ0v) is 14.9. The molecular formula is C21H25NO3. The molecule has 1 aliphatic rings. The quantitative estimate of drug-likeness (QED) is 0.931. The first-order chi connectivity index (χ1) is 12.1. The lowest BCUT2D eigenvalue weighted by atomic mass is 9.89. The molecule has 0 aliphatic carbocycles. The molecule has 1 unspecified atom stereocenters. The summed E-state index contributed by atoms with van der Waals surface area (Å²) in [5.41, 5.74) is 3.73. The number of phenols is 1. The zero-order chi connectivity index (χ0) is 17.8. The van der Waals surface area contributed by atoms with Crippen LogP contribution in [-0.4, -0.2) is 42.2 Å². The number of aryl methyl sites for hydroxylation is 1. The molecule has 3 rings (SSSR count). The minimum absolute atomic E-state index is 0.104. The Morgan fingerprint density at radius 2 is 1.80 bits per heavy atom. The van der Waals surface area contributed by atoms with Crippen LogP contribution >= 0.6 is 0 Å². The molecule has 1 atom stereocenters. The SMILES string of the molecule is Cc1ccc(CC(C(=O)N2CCOCC2)c2ccccc2)c(O)c1C. The number of nitrogens with zero attached hydrogens (tertiary/aromatic N) is 1. The Labute approximate surface area is 149 Å². The smallest absolute Gasteiger partial charge is 0.230 e. The van der Waals surface area contributed by atoms with E-state index in [-0.39, 0.29) is 11.8 Å². The first-order valence-corrected chi connectivity index (χ1v) is 8.77. The summed E-state index contributed by atoms with van der Waals surface area (Å²) in [7, 11) is 0. The molecule has 1 N–H and O–H groups in total. The van der Waals surface area contributed by atoms with E-state index in [9.17, 15) is 9.90 Å². The van der Waals surface area contributed by atoms with E-state index in [1.165, 1.54) is 0 Å². The van der Waals surface area contributed by atoms with E-state index in [0.717, 1.165) is 22.3 Å². The highest BCUT2D eigenvalue weighted by Crippen LogP contribution is 2.31. The van der Waals surface area contributed by atoms with Crippen molar-refractivity contribution < 1.29 is 14.6 Å². The van der Waals surface area contributed by atoms with Crippen molar-refractivity contribution in [3.8, 4) is 5.75 Å². The molecule has 25 heavy (non-hydrogen) atoms. The van der Waals surface area contributed by atoms with Crippen LogP contribution in [0, 0.1) is 13.8 Å². The van der Waals surface area contributed by atoms with Crippen molar-refractivity contribution in [1.82, 2.24) is 4.90 Å². The Kier molecular flexibility index (Phi) is 5.39. The maximum atomic E-state index is 13.2. The van der Waals surface area contributed by atoms with Crippen molar-refractivity contribution in [3.05, 3.63) is 64.7 Å². The van der Waals surface area contributed by atoms with Crippen molar-refractivity contribution >= 4 is 5.91 Å². The Morgan fingerprint density at radius 1 is 1.12 bits per heavy atom. The molecular weight excluding hydrogens is 314 g/mol. The number of rotatable bonds is 4. The third-order valence-corrected chi connectivity index (χ3v) is 5.03. The second kappa shape index (κ2) is 7.70. The van der Waals surface area contributed by atoms with E-state index in [1.807, 2.05) is 61.2 Å². The molecule has 1 fully saturated rings. The highest BCUT2D eigenvalue weighted by atomic mass is 16.5. The van der Waals surface area contributed by atoms with Gasteiger partial charge in [0, 0.05) is 13.1 Å². The summed E-state index contributed by atoms with van der Waals surface area (Å²) in [6, 6.07) is 13.8. The third kappa shape index (κ3) is 3.85. The van der Waals surface area contributed by atoms with Crippen LogP contribution < -0.4 is 0 Å². The number of hydrogen-bond acceptors (Lipinski definition) is 3. The highest BCUT2D eigenvalue weighted by molar-refractivity contribution is 5.84. The normalized spacial score (nSPS) is 15.8. The number of aromatic hydroxyl groups is 1. The largest absolute Gasteiger partial charge is 0.507 e. The summed E-state index contributed by atoms with van der Waals surface area (Å²) in [4.78, 5) is 15.0. The van der Waals surface area contributed by atoms with Crippen LogP contribution in [0.3, 0.4) is 0 Å².